The number of rotatable bonds is 2. The van der Waals surface area contributed by atoms with Crippen molar-refractivity contribution in [3.05, 3.63) is 29.3 Å². The van der Waals surface area contributed by atoms with Gasteiger partial charge in [0.25, 0.3) is 5.91 Å². The zero-order chi connectivity index (χ0) is 13.1. The summed E-state index contributed by atoms with van der Waals surface area (Å²) in [7, 11) is 0. The Morgan fingerprint density at radius 3 is 2.94 bits per heavy atom. The topological polar surface area (TPSA) is 40.5 Å². The van der Waals surface area contributed by atoms with Crippen LogP contribution in [-0.2, 0) is 0 Å². The van der Waals surface area contributed by atoms with Gasteiger partial charge in [-0.05, 0) is 44.7 Å². The van der Waals surface area contributed by atoms with Crippen LogP contribution >= 0.6 is 0 Å². The van der Waals surface area contributed by atoms with Crippen LogP contribution in [0.1, 0.15) is 48.5 Å². The molecule has 0 spiro atoms. The molecular weight excluding hydrogens is 226 g/mol. The molecule has 3 heteroatoms. The smallest absolute Gasteiger partial charge is 0.257 e. The lowest BCUT2D eigenvalue weighted by molar-refractivity contribution is 0.0605. The number of carbonyl (C=O) groups excluding carboxylic acids is 1. The minimum atomic E-state index is -0.0252. The van der Waals surface area contributed by atoms with Crippen molar-refractivity contribution >= 4 is 5.91 Å². The number of likely N-dealkylation sites (tertiary alicyclic amines) is 1. The normalized spacial score (nSPS) is 19.9. The first kappa shape index (κ1) is 12.9. The van der Waals surface area contributed by atoms with E-state index in [0.29, 0.717) is 11.6 Å². The van der Waals surface area contributed by atoms with E-state index in [1.807, 2.05) is 17.9 Å². The predicted octanol–water partition coefficient (Wildman–Crippen LogP) is 3.11. The molecule has 18 heavy (non-hydrogen) atoms. The third kappa shape index (κ3) is 2.50. The van der Waals surface area contributed by atoms with Crippen LogP contribution in [0.2, 0.25) is 0 Å². The maximum absolute atomic E-state index is 12.5. The molecule has 1 amide bonds. The number of benzene rings is 1. The molecule has 1 heterocycles. The van der Waals surface area contributed by atoms with Gasteiger partial charge in [-0.15, -0.1) is 0 Å². The number of carbonyl (C=O) groups is 1. The third-order valence-corrected chi connectivity index (χ3v) is 3.74. The fourth-order valence-corrected chi connectivity index (χ4v) is 2.67. The molecule has 1 fully saturated rings. The number of hydrogen-bond acceptors (Lipinski definition) is 2. The number of amides is 1. The van der Waals surface area contributed by atoms with E-state index in [1.54, 1.807) is 12.1 Å². The minimum Gasteiger partial charge on any atom is -0.507 e. The van der Waals surface area contributed by atoms with Crippen LogP contribution in [0.25, 0.3) is 0 Å². The van der Waals surface area contributed by atoms with Gasteiger partial charge in [0.05, 0.1) is 5.56 Å². The summed E-state index contributed by atoms with van der Waals surface area (Å²) in [6.07, 6.45) is 4.32. The molecule has 1 aliphatic heterocycles. The van der Waals surface area contributed by atoms with Gasteiger partial charge in [-0.2, -0.15) is 0 Å². The van der Waals surface area contributed by atoms with Gasteiger partial charge in [-0.25, -0.2) is 0 Å². The van der Waals surface area contributed by atoms with E-state index in [9.17, 15) is 9.90 Å². The molecule has 1 aromatic rings. The summed E-state index contributed by atoms with van der Waals surface area (Å²) in [5.41, 5.74) is 1.44. The lowest BCUT2D eigenvalue weighted by Gasteiger charge is -2.35. The minimum absolute atomic E-state index is 0.0252. The average molecular weight is 247 g/mol. The molecule has 1 saturated heterocycles. The Morgan fingerprint density at radius 2 is 2.22 bits per heavy atom. The Hall–Kier alpha value is -1.51. The van der Waals surface area contributed by atoms with Gasteiger partial charge in [0, 0.05) is 12.6 Å². The lowest BCUT2D eigenvalue weighted by Crippen LogP contribution is -2.43. The van der Waals surface area contributed by atoms with Crippen molar-refractivity contribution in [2.24, 2.45) is 0 Å². The van der Waals surface area contributed by atoms with Crippen LogP contribution in [-0.4, -0.2) is 28.5 Å². The quantitative estimate of drug-likeness (QED) is 0.872. The van der Waals surface area contributed by atoms with Gasteiger partial charge in [-0.1, -0.05) is 18.6 Å². The molecule has 1 unspecified atom stereocenters. The molecule has 0 saturated carbocycles. The second-order valence-electron chi connectivity index (χ2n) is 5.08. The van der Waals surface area contributed by atoms with Gasteiger partial charge in [0.15, 0.2) is 0 Å². The highest BCUT2D eigenvalue weighted by Crippen LogP contribution is 2.25. The van der Waals surface area contributed by atoms with Crippen LogP contribution in [0.4, 0.5) is 0 Å². The second-order valence-corrected chi connectivity index (χ2v) is 5.08. The number of phenolic OH excluding ortho intramolecular Hbond substituents is 1. The molecule has 0 bridgehead atoms. The number of aryl methyl sites for hydroxylation is 1. The maximum atomic E-state index is 12.5. The highest BCUT2D eigenvalue weighted by Gasteiger charge is 2.27. The fourth-order valence-electron chi connectivity index (χ4n) is 2.67. The first-order valence-electron chi connectivity index (χ1n) is 6.74. The monoisotopic (exact) mass is 247 g/mol. The molecule has 1 aliphatic rings. The van der Waals surface area contributed by atoms with E-state index in [2.05, 4.69) is 6.92 Å². The molecule has 0 aliphatic carbocycles. The van der Waals surface area contributed by atoms with Crippen molar-refractivity contribution in [1.82, 2.24) is 4.90 Å². The number of nitrogens with zero attached hydrogens (tertiary/aromatic N) is 1. The van der Waals surface area contributed by atoms with Gasteiger partial charge in [0.1, 0.15) is 5.75 Å². The Morgan fingerprint density at radius 1 is 1.44 bits per heavy atom. The van der Waals surface area contributed by atoms with E-state index in [-0.39, 0.29) is 11.7 Å². The SMILES string of the molecule is CCC1CCCCN1C(=O)c1cc(C)ccc1O. The summed E-state index contributed by atoms with van der Waals surface area (Å²) < 4.78 is 0. The predicted molar refractivity (Wildman–Crippen MR) is 71.8 cm³/mol. The van der Waals surface area contributed by atoms with Crippen LogP contribution in [0.15, 0.2) is 18.2 Å². The first-order chi connectivity index (χ1) is 8.63. The first-order valence-corrected chi connectivity index (χ1v) is 6.74. The molecule has 1 atom stereocenters. The van der Waals surface area contributed by atoms with Crippen LogP contribution in [0.5, 0.6) is 5.75 Å². The zero-order valence-corrected chi connectivity index (χ0v) is 11.1. The second kappa shape index (κ2) is 5.42. The summed E-state index contributed by atoms with van der Waals surface area (Å²) >= 11 is 0. The largest absolute Gasteiger partial charge is 0.507 e. The summed E-state index contributed by atoms with van der Waals surface area (Å²) in [6, 6.07) is 5.53. The maximum Gasteiger partial charge on any atom is 0.257 e. The van der Waals surface area contributed by atoms with Crippen LogP contribution in [0, 0.1) is 6.92 Å². The highest BCUT2D eigenvalue weighted by atomic mass is 16.3. The number of hydrogen-bond donors (Lipinski definition) is 1. The average Bonchev–Trinajstić information content (AvgIpc) is 2.40. The van der Waals surface area contributed by atoms with Crippen LogP contribution < -0.4 is 0 Å². The van der Waals surface area contributed by atoms with E-state index in [1.165, 1.54) is 6.42 Å². The summed E-state index contributed by atoms with van der Waals surface area (Å²) in [4.78, 5) is 14.4. The summed E-state index contributed by atoms with van der Waals surface area (Å²) in [5, 5.41) is 9.85. The van der Waals surface area contributed by atoms with Crippen molar-refractivity contribution in [3.8, 4) is 5.75 Å². The Labute approximate surface area is 108 Å². The molecule has 1 aromatic carbocycles. The van der Waals surface area contributed by atoms with Crippen molar-refractivity contribution in [3.63, 3.8) is 0 Å². The van der Waals surface area contributed by atoms with Gasteiger partial charge < -0.3 is 10.0 Å². The van der Waals surface area contributed by atoms with Crippen molar-refractivity contribution in [2.75, 3.05) is 6.54 Å². The van der Waals surface area contributed by atoms with Gasteiger partial charge >= 0.3 is 0 Å². The molecule has 0 radical (unpaired) electrons. The lowest BCUT2D eigenvalue weighted by atomic mass is 9.98. The number of phenols is 1. The molecule has 3 nitrogen and oxygen atoms in total. The molecular formula is C15H21NO2. The van der Waals surface area contributed by atoms with Crippen molar-refractivity contribution in [2.45, 2.75) is 45.6 Å². The Bertz CT molecular complexity index is 442. The van der Waals surface area contributed by atoms with Crippen molar-refractivity contribution < 1.29 is 9.90 Å². The molecule has 1 N–H and O–H groups in total. The Kier molecular flexibility index (Phi) is 3.90. The van der Waals surface area contributed by atoms with E-state index in [4.69, 9.17) is 0 Å². The number of aromatic hydroxyl groups is 1. The fraction of sp³-hybridized carbons (Fsp3) is 0.533. The molecule has 2 rings (SSSR count). The number of piperidine rings is 1. The van der Waals surface area contributed by atoms with Gasteiger partial charge in [0.2, 0.25) is 0 Å². The standard InChI is InChI=1S/C15H21NO2/c1-3-12-6-4-5-9-16(12)15(18)13-10-11(2)7-8-14(13)17/h7-8,10,12,17H,3-6,9H2,1-2H3. The Balaban J connectivity index is 2.26. The zero-order valence-electron chi connectivity index (χ0n) is 11.1. The van der Waals surface area contributed by atoms with Gasteiger partial charge in [-0.3, -0.25) is 4.79 Å². The van der Waals surface area contributed by atoms with E-state index < -0.39 is 0 Å². The summed E-state index contributed by atoms with van der Waals surface area (Å²) in [6.45, 7) is 4.86. The van der Waals surface area contributed by atoms with Crippen molar-refractivity contribution in [1.29, 1.82) is 0 Å². The van der Waals surface area contributed by atoms with Crippen LogP contribution in [0.3, 0.4) is 0 Å². The third-order valence-electron chi connectivity index (χ3n) is 3.74. The summed E-state index contributed by atoms with van der Waals surface area (Å²) in [5.74, 6) is 0.0637. The van der Waals surface area contributed by atoms with E-state index >= 15 is 0 Å². The molecule has 0 aromatic heterocycles. The molecule has 98 valence electrons. The van der Waals surface area contributed by atoms with E-state index in [0.717, 1.165) is 31.4 Å². The highest BCUT2D eigenvalue weighted by molar-refractivity contribution is 5.97.